The molecule has 3 aromatic rings. The smallest absolute Gasteiger partial charge is 0.324 e. The van der Waals surface area contributed by atoms with Gasteiger partial charge in [-0.05, 0) is 46.2 Å². The molecule has 0 spiro atoms. The number of carbonyl (C=O) groups excluding carboxylic acids is 1. The lowest BCUT2D eigenvalue weighted by molar-refractivity contribution is -0.168. The second-order valence-corrected chi connectivity index (χ2v) is 7.84. The van der Waals surface area contributed by atoms with Crippen molar-refractivity contribution in [1.29, 1.82) is 0 Å². The topological polar surface area (TPSA) is 63.6 Å². The van der Waals surface area contributed by atoms with E-state index >= 15 is 0 Å². The summed E-state index contributed by atoms with van der Waals surface area (Å²) >= 11 is 0. The summed E-state index contributed by atoms with van der Waals surface area (Å²) < 4.78 is 5.70. The van der Waals surface area contributed by atoms with Crippen LogP contribution >= 0.6 is 0 Å². The Kier molecular flexibility index (Phi) is 4.02. The Hall–Kier alpha value is -3.40. The predicted octanol–water partition coefficient (Wildman–Crippen LogP) is 4.21. The molecule has 2 aliphatic carbocycles. The van der Waals surface area contributed by atoms with Crippen molar-refractivity contribution in [2.75, 3.05) is 6.61 Å². The summed E-state index contributed by atoms with van der Waals surface area (Å²) in [5.74, 6) is -1.85. The van der Waals surface area contributed by atoms with Crippen LogP contribution in [0, 0.1) is 5.41 Å². The Bertz CT molecular complexity index is 1060. The predicted molar refractivity (Wildman–Crippen MR) is 109 cm³/mol. The third kappa shape index (κ3) is 2.67. The summed E-state index contributed by atoms with van der Waals surface area (Å²) in [5, 5.41) is 9.91. The Balaban J connectivity index is 1.42. The van der Waals surface area contributed by atoms with Crippen LogP contribution in [-0.2, 0) is 27.2 Å². The number of fused-ring (bicyclic) bond motifs is 4. The van der Waals surface area contributed by atoms with E-state index in [-0.39, 0.29) is 25.4 Å². The van der Waals surface area contributed by atoms with Gasteiger partial charge in [0.25, 0.3) is 0 Å². The number of hydrogen-bond acceptors (Lipinski definition) is 3. The molecular formula is C25H20O4. The van der Waals surface area contributed by atoms with Gasteiger partial charge in [0.05, 0.1) is 0 Å². The molecule has 144 valence electrons. The minimum Gasteiger partial charge on any atom is -0.480 e. The minimum atomic E-state index is -1.54. The van der Waals surface area contributed by atoms with E-state index in [1.807, 2.05) is 60.7 Å². The molecule has 0 saturated carbocycles. The van der Waals surface area contributed by atoms with Crippen molar-refractivity contribution < 1.29 is 19.4 Å². The molecule has 0 heterocycles. The number of carbonyl (C=O) groups is 2. The third-order valence-electron chi connectivity index (χ3n) is 6.25. The van der Waals surface area contributed by atoms with Crippen molar-refractivity contribution in [3.05, 3.63) is 95.1 Å². The van der Waals surface area contributed by atoms with Crippen LogP contribution in [0.5, 0.6) is 0 Å². The van der Waals surface area contributed by atoms with Crippen LogP contribution < -0.4 is 0 Å². The van der Waals surface area contributed by atoms with Gasteiger partial charge in [-0.15, -0.1) is 0 Å². The van der Waals surface area contributed by atoms with Crippen LogP contribution in [0.1, 0.15) is 28.2 Å². The van der Waals surface area contributed by atoms with E-state index < -0.39 is 17.4 Å². The van der Waals surface area contributed by atoms with Crippen LogP contribution in [-0.4, -0.2) is 23.7 Å². The minimum absolute atomic E-state index is 0.0824. The lowest BCUT2D eigenvalue weighted by atomic mass is 9.85. The quantitative estimate of drug-likeness (QED) is 0.541. The van der Waals surface area contributed by atoms with Crippen molar-refractivity contribution in [3.8, 4) is 11.1 Å². The molecule has 0 radical (unpaired) electrons. The molecule has 3 aromatic carbocycles. The van der Waals surface area contributed by atoms with Crippen molar-refractivity contribution in [2.24, 2.45) is 5.41 Å². The van der Waals surface area contributed by atoms with Gasteiger partial charge < -0.3 is 9.84 Å². The summed E-state index contributed by atoms with van der Waals surface area (Å²) in [5.41, 5.74) is 4.78. The molecule has 2 aliphatic rings. The fourth-order valence-electron chi connectivity index (χ4n) is 4.73. The molecule has 4 heteroatoms. The molecule has 0 aliphatic heterocycles. The molecule has 0 fully saturated rings. The molecule has 29 heavy (non-hydrogen) atoms. The average molecular weight is 384 g/mol. The van der Waals surface area contributed by atoms with Gasteiger partial charge >= 0.3 is 11.9 Å². The number of hydrogen-bond donors (Lipinski definition) is 1. The Morgan fingerprint density at radius 2 is 1.31 bits per heavy atom. The molecule has 0 atom stereocenters. The Morgan fingerprint density at radius 1 is 0.828 bits per heavy atom. The van der Waals surface area contributed by atoms with Gasteiger partial charge in [0.2, 0.25) is 0 Å². The number of esters is 1. The normalized spacial score (nSPS) is 16.0. The maximum atomic E-state index is 13.1. The van der Waals surface area contributed by atoms with Crippen LogP contribution in [0.4, 0.5) is 0 Å². The second kappa shape index (κ2) is 6.59. The largest absolute Gasteiger partial charge is 0.480 e. The summed E-state index contributed by atoms with van der Waals surface area (Å²) in [6.45, 7) is 0.137. The monoisotopic (exact) mass is 384 g/mol. The van der Waals surface area contributed by atoms with E-state index in [1.54, 1.807) is 0 Å². The van der Waals surface area contributed by atoms with Gasteiger partial charge in [-0.25, -0.2) is 0 Å². The average Bonchev–Trinajstić information content (AvgIpc) is 3.29. The SMILES string of the molecule is O=C(O)C1(C(=O)OCC2c3ccccc3-c3ccccc32)Cc2ccccc2C1. The van der Waals surface area contributed by atoms with Gasteiger partial charge in [-0.2, -0.15) is 0 Å². The first-order chi connectivity index (χ1) is 14.1. The van der Waals surface area contributed by atoms with Gasteiger partial charge in [-0.1, -0.05) is 72.8 Å². The standard InChI is InChI=1S/C25H20O4/c26-23(27)25(13-16-7-1-2-8-17(16)14-25)24(28)29-15-22-20-11-5-3-9-18(20)19-10-4-6-12-21(19)22/h1-12,22H,13-15H2,(H,26,27). The van der Waals surface area contributed by atoms with E-state index in [4.69, 9.17) is 4.74 Å². The Morgan fingerprint density at radius 3 is 1.83 bits per heavy atom. The zero-order valence-electron chi connectivity index (χ0n) is 15.8. The molecule has 0 aromatic heterocycles. The zero-order valence-corrected chi connectivity index (χ0v) is 15.8. The number of aliphatic carboxylic acids is 1. The third-order valence-corrected chi connectivity index (χ3v) is 6.25. The first-order valence-corrected chi connectivity index (χ1v) is 9.76. The van der Waals surface area contributed by atoms with E-state index in [0.29, 0.717) is 0 Å². The summed E-state index contributed by atoms with van der Waals surface area (Å²) in [6.07, 6.45) is 0.352. The number of carboxylic acid groups (broad SMARTS) is 1. The van der Waals surface area contributed by atoms with Gasteiger partial charge in [0.1, 0.15) is 6.61 Å². The van der Waals surface area contributed by atoms with E-state index in [0.717, 1.165) is 33.4 Å². The lowest BCUT2D eigenvalue weighted by Crippen LogP contribution is -2.42. The Labute approximate surface area is 168 Å². The van der Waals surface area contributed by atoms with Gasteiger partial charge in [0, 0.05) is 5.92 Å². The maximum absolute atomic E-state index is 13.1. The summed E-state index contributed by atoms with van der Waals surface area (Å²) in [4.78, 5) is 25.2. The number of carboxylic acids is 1. The molecule has 1 N–H and O–H groups in total. The highest BCUT2D eigenvalue weighted by Gasteiger charge is 2.52. The zero-order chi connectivity index (χ0) is 20.0. The van der Waals surface area contributed by atoms with Crippen LogP contribution in [0.25, 0.3) is 11.1 Å². The fourth-order valence-corrected chi connectivity index (χ4v) is 4.73. The summed E-state index contributed by atoms with van der Waals surface area (Å²) in [7, 11) is 0. The molecule has 0 saturated heterocycles. The van der Waals surface area contributed by atoms with Gasteiger partial charge in [-0.3, -0.25) is 9.59 Å². The highest BCUT2D eigenvalue weighted by molar-refractivity contribution is 6.00. The molecule has 0 unspecified atom stereocenters. The fraction of sp³-hybridized carbons (Fsp3) is 0.200. The van der Waals surface area contributed by atoms with Crippen molar-refractivity contribution in [1.82, 2.24) is 0 Å². The highest BCUT2D eigenvalue weighted by Crippen LogP contribution is 2.45. The van der Waals surface area contributed by atoms with Crippen LogP contribution in [0.3, 0.4) is 0 Å². The molecule has 0 amide bonds. The first-order valence-electron chi connectivity index (χ1n) is 9.76. The molecular weight excluding hydrogens is 364 g/mol. The van der Waals surface area contributed by atoms with Crippen LogP contribution in [0.15, 0.2) is 72.8 Å². The van der Waals surface area contributed by atoms with Crippen molar-refractivity contribution in [2.45, 2.75) is 18.8 Å². The van der Waals surface area contributed by atoms with Gasteiger partial charge in [0.15, 0.2) is 5.41 Å². The summed E-state index contributed by atoms with van der Waals surface area (Å²) in [6, 6.07) is 23.7. The molecule has 4 nitrogen and oxygen atoms in total. The maximum Gasteiger partial charge on any atom is 0.324 e. The first kappa shape index (κ1) is 17.7. The van der Waals surface area contributed by atoms with E-state index in [9.17, 15) is 14.7 Å². The lowest BCUT2D eigenvalue weighted by Gasteiger charge is -2.23. The highest BCUT2D eigenvalue weighted by atomic mass is 16.5. The molecule has 5 rings (SSSR count). The van der Waals surface area contributed by atoms with E-state index in [2.05, 4.69) is 12.1 Å². The number of rotatable bonds is 4. The number of benzene rings is 3. The van der Waals surface area contributed by atoms with Crippen molar-refractivity contribution >= 4 is 11.9 Å². The molecule has 0 bridgehead atoms. The van der Waals surface area contributed by atoms with Crippen LogP contribution in [0.2, 0.25) is 0 Å². The van der Waals surface area contributed by atoms with E-state index in [1.165, 1.54) is 0 Å². The second-order valence-electron chi connectivity index (χ2n) is 7.84. The van der Waals surface area contributed by atoms with Crippen molar-refractivity contribution in [3.63, 3.8) is 0 Å². The number of ether oxygens (including phenoxy) is 1.